The van der Waals surface area contributed by atoms with Crippen molar-refractivity contribution in [3.8, 4) is 22.8 Å². The molecule has 0 radical (unpaired) electrons. The third-order valence-corrected chi connectivity index (χ3v) is 3.76. The number of ether oxygens (including phenoxy) is 2. The number of nitrogens with one attached hydrogen (secondary N) is 1. The standard InChI is InChI=1S/C19H22N4O2/c1-23-14-16(19(22-23)15-6-5-9-20-12-15)13-21-10-11-25-18-8-4-3-7-17(18)24-2/h3-9,12,14,21H,10-11,13H2,1-2H3. The summed E-state index contributed by atoms with van der Waals surface area (Å²) in [7, 11) is 3.57. The normalized spacial score (nSPS) is 10.6. The van der Waals surface area contributed by atoms with Crippen LogP contribution in [0.5, 0.6) is 11.5 Å². The Morgan fingerprint density at radius 1 is 1.12 bits per heavy atom. The molecule has 6 nitrogen and oxygen atoms in total. The summed E-state index contributed by atoms with van der Waals surface area (Å²) in [5.41, 5.74) is 3.10. The summed E-state index contributed by atoms with van der Waals surface area (Å²) in [6.45, 7) is 2.00. The van der Waals surface area contributed by atoms with Gasteiger partial charge in [0.25, 0.3) is 0 Å². The van der Waals surface area contributed by atoms with Crippen molar-refractivity contribution in [2.24, 2.45) is 7.05 Å². The number of aromatic nitrogens is 3. The Morgan fingerprint density at radius 3 is 2.72 bits per heavy atom. The van der Waals surface area contributed by atoms with Gasteiger partial charge in [0, 0.05) is 49.9 Å². The second-order valence-electron chi connectivity index (χ2n) is 5.59. The molecule has 0 amide bonds. The van der Waals surface area contributed by atoms with E-state index in [1.54, 1.807) is 13.3 Å². The molecule has 0 unspecified atom stereocenters. The second kappa shape index (κ2) is 8.30. The number of hydrogen-bond acceptors (Lipinski definition) is 5. The predicted molar refractivity (Wildman–Crippen MR) is 96.6 cm³/mol. The maximum absolute atomic E-state index is 5.77. The number of hydrogen-bond donors (Lipinski definition) is 1. The highest BCUT2D eigenvalue weighted by Gasteiger charge is 2.10. The zero-order valence-corrected chi connectivity index (χ0v) is 14.5. The van der Waals surface area contributed by atoms with Crippen LogP contribution in [-0.2, 0) is 13.6 Å². The quantitative estimate of drug-likeness (QED) is 0.640. The minimum absolute atomic E-state index is 0.558. The molecule has 6 heteroatoms. The third kappa shape index (κ3) is 4.36. The minimum Gasteiger partial charge on any atom is -0.493 e. The van der Waals surface area contributed by atoms with Gasteiger partial charge in [-0.25, -0.2) is 0 Å². The van der Waals surface area contributed by atoms with Crippen molar-refractivity contribution in [3.63, 3.8) is 0 Å². The highest BCUT2D eigenvalue weighted by Crippen LogP contribution is 2.25. The molecule has 0 aliphatic carbocycles. The molecule has 0 atom stereocenters. The van der Waals surface area contributed by atoms with Gasteiger partial charge in [0.15, 0.2) is 11.5 Å². The van der Waals surface area contributed by atoms with Gasteiger partial charge in [-0.1, -0.05) is 12.1 Å². The molecule has 3 aromatic rings. The fraction of sp³-hybridized carbons (Fsp3) is 0.263. The lowest BCUT2D eigenvalue weighted by molar-refractivity contribution is 0.292. The highest BCUT2D eigenvalue weighted by molar-refractivity contribution is 5.61. The first-order valence-corrected chi connectivity index (χ1v) is 8.17. The summed E-state index contributed by atoms with van der Waals surface area (Å²) >= 11 is 0. The number of methoxy groups -OCH3 is 1. The van der Waals surface area contributed by atoms with E-state index in [2.05, 4.69) is 15.4 Å². The molecular weight excluding hydrogens is 316 g/mol. The molecule has 25 heavy (non-hydrogen) atoms. The lowest BCUT2D eigenvalue weighted by Crippen LogP contribution is -2.20. The zero-order valence-electron chi connectivity index (χ0n) is 14.5. The van der Waals surface area contributed by atoms with Crippen LogP contribution < -0.4 is 14.8 Å². The first-order valence-electron chi connectivity index (χ1n) is 8.17. The Labute approximate surface area is 147 Å². The van der Waals surface area contributed by atoms with Crippen LogP contribution in [0.1, 0.15) is 5.56 Å². The molecule has 0 bridgehead atoms. The van der Waals surface area contributed by atoms with E-state index in [9.17, 15) is 0 Å². The number of aryl methyl sites for hydroxylation is 1. The Hall–Kier alpha value is -2.86. The molecule has 0 saturated carbocycles. The topological polar surface area (TPSA) is 61.2 Å². The van der Waals surface area contributed by atoms with E-state index in [0.29, 0.717) is 13.2 Å². The van der Waals surface area contributed by atoms with Gasteiger partial charge in [0.05, 0.1) is 12.8 Å². The van der Waals surface area contributed by atoms with Gasteiger partial charge in [-0.2, -0.15) is 5.10 Å². The van der Waals surface area contributed by atoms with Crippen molar-refractivity contribution in [1.29, 1.82) is 0 Å². The van der Waals surface area contributed by atoms with E-state index in [1.165, 1.54) is 0 Å². The van der Waals surface area contributed by atoms with Gasteiger partial charge in [0.1, 0.15) is 6.61 Å². The van der Waals surface area contributed by atoms with Crippen molar-refractivity contribution in [3.05, 3.63) is 60.6 Å². The van der Waals surface area contributed by atoms with E-state index in [0.717, 1.165) is 34.9 Å². The van der Waals surface area contributed by atoms with Gasteiger partial charge in [-0.3, -0.25) is 9.67 Å². The molecule has 0 aliphatic heterocycles. The molecule has 0 fully saturated rings. The summed E-state index contributed by atoms with van der Waals surface area (Å²) in [4.78, 5) is 4.17. The van der Waals surface area contributed by atoms with Crippen LogP contribution in [0.15, 0.2) is 55.0 Å². The number of pyridine rings is 1. The average Bonchev–Trinajstić information content (AvgIpc) is 3.03. The maximum atomic E-state index is 5.77. The molecule has 2 aromatic heterocycles. The number of para-hydroxylation sites is 2. The highest BCUT2D eigenvalue weighted by atomic mass is 16.5. The van der Waals surface area contributed by atoms with E-state index >= 15 is 0 Å². The van der Waals surface area contributed by atoms with E-state index in [4.69, 9.17) is 9.47 Å². The van der Waals surface area contributed by atoms with Gasteiger partial charge >= 0.3 is 0 Å². The lowest BCUT2D eigenvalue weighted by atomic mass is 10.1. The monoisotopic (exact) mass is 338 g/mol. The van der Waals surface area contributed by atoms with Crippen LogP contribution in [0.2, 0.25) is 0 Å². The van der Waals surface area contributed by atoms with Crippen LogP contribution in [-0.4, -0.2) is 35.0 Å². The molecule has 1 aromatic carbocycles. The number of nitrogens with zero attached hydrogens (tertiary/aromatic N) is 3. The fourth-order valence-electron chi connectivity index (χ4n) is 2.61. The van der Waals surface area contributed by atoms with Gasteiger partial charge in [-0.05, 0) is 24.3 Å². The molecule has 3 rings (SSSR count). The molecular formula is C19H22N4O2. The summed E-state index contributed by atoms with van der Waals surface area (Å²) in [5, 5.41) is 7.93. The summed E-state index contributed by atoms with van der Waals surface area (Å²) in [6, 6.07) is 11.6. The second-order valence-corrected chi connectivity index (χ2v) is 5.59. The van der Waals surface area contributed by atoms with Crippen molar-refractivity contribution < 1.29 is 9.47 Å². The van der Waals surface area contributed by atoms with Gasteiger partial charge < -0.3 is 14.8 Å². The average molecular weight is 338 g/mol. The van der Waals surface area contributed by atoms with Crippen molar-refractivity contribution in [2.75, 3.05) is 20.3 Å². The summed E-state index contributed by atoms with van der Waals surface area (Å²) < 4.78 is 12.9. The zero-order chi connectivity index (χ0) is 17.5. The van der Waals surface area contributed by atoms with Gasteiger partial charge in [0.2, 0.25) is 0 Å². The first kappa shape index (κ1) is 17.0. The number of benzene rings is 1. The Balaban J connectivity index is 1.53. The van der Waals surface area contributed by atoms with E-state index in [1.807, 2.05) is 60.5 Å². The molecule has 130 valence electrons. The lowest BCUT2D eigenvalue weighted by Gasteiger charge is -2.10. The molecule has 2 heterocycles. The Bertz CT molecular complexity index is 802. The molecule has 0 saturated heterocycles. The molecule has 1 N–H and O–H groups in total. The summed E-state index contributed by atoms with van der Waals surface area (Å²) in [5.74, 6) is 1.50. The fourth-order valence-corrected chi connectivity index (χ4v) is 2.61. The smallest absolute Gasteiger partial charge is 0.161 e. The van der Waals surface area contributed by atoms with Crippen molar-refractivity contribution >= 4 is 0 Å². The predicted octanol–water partition coefficient (Wildman–Crippen LogP) is 2.66. The van der Waals surface area contributed by atoms with Crippen LogP contribution in [0.3, 0.4) is 0 Å². The molecule has 0 spiro atoms. The van der Waals surface area contributed by atoms with E-state index < -0.39 is 0 Å². The van der Waals surface area contributed by atoms with Gasteiger partial charge in [-0.15, -0.1) is 0 Å². The molecule has 0 aliphatic rings. The summed E-state index contributed by atoms with van der Waals surface area (Å²) in [6.07, 6.45) is 5.62. The van der Waals surface area contributed by atoms with Crippen molar-refractivity contribution in [1.82, 2.24) is 20.1 Å². The van der Waals surface area contributed by atoms with Crippen LogP contribution >= 0.6 is 0 Å². The number of rotatable bonds is 8. The van der Waals surface area contributed by atoms with Crippen LogP contribution in [0.4, 0.5) is 0 Å². The minimum atomic E-state index is 0.558. The largest absolute Gasteiger partial charge is 0.493 e. The Kier molecular flexibility index (Phi) is 5.64. The SMILES string of the molecule is COc1ccccc1OCCNCc1cn(C)nc1-c1cccnc1. The van der Waals surface area contributed by atoms with Crippen LogP contribution in [0.25, 0.3) is 11.3 Å². The van der Waals surface area contributed by atoms with Crippen molar-refractivity contribution in [2.45, 2.75) is 6.54 Å². The van der Waals surface area contributed by atoms with Crippen LogP contribution in [0, 0.1) is 0 Å². The maximum Gasteiger partial charge on any atom is 0.161 e. The first-order chi connectivity index (χ1) is 12.3. The van der Waals surface area contributed by atoms with E-state index in [-0.39, 0.29) is 0 Å². The Morgan fingerprint density at radius 2 is 1.96 bits per heavy atom. The third-order valence-electron chi connectivity index (χ3n) is 3.76.